The maximum atomic E-state index is 12.4. The Balaban J connectivity index is 2.19. The zero-order valence-corrected chi connectivity index (χ0v) is 15.2. The van der Waals surface area contributed by atoms with Crippen LogP contribution in [-0.2, 0) is 21.4 Å². The predicted molar refractivity (Wildman–Crippen MR) is 95.5 cm³/mol. The molecule has 0 amide bonds. The molecule has 0 saturated heterocycles. The van der Waals surface area contributed by atoms with Crippen LogP contribution in [0.3, 0.4) is 0 Å². The molecule has 0 fully saturated rings. The molecule has 3 N–H and O–H groups in total. The number of aliphatic carboxylic acids is 1. The first-order chi connectivity index (χ1) is 12.2. The SMILES string of the molecule is CC(C)C(NS(=O)(=O)c1ccc(Oc2ccccc2CO)cc1)C(=O)O. The third-order valence-electron chi connectivity index (χ3n) is 3.72. The molecule has 0 aliphatic carbocycles. The second-order valence-electron chi connectivity index (χ2n) is 6.02. The van der Waals surface area contributed by atoms with Gasteiger partial charge in [-0.2, -0.15) is 4.72 Å². The van der Waals surface area contributed by atoms with Crippen molar-refractivity contribution in [3.8, 4) is 11.5 Å². The van der Waals surface area contributed by atoms with Crippen molar-refractivity contribution in [2.24, 2.45) is 5.92 Å². The summed E-state index contributed by atoms with van der Waals surface area (Å²) in [4.78, 5) is 11.1. The van der Waals surface area contributed by atoms with Crippen molar-refractivity contribution < 1.29 is 28.2 Å². The van der Waals surface area contributed by atoms with Gasteiger partial charge < -0.3 is 14.9 Å². The summed E-state index contributed by atoms with van der Waals surface area (Å²) in [6.45, 7) is 3.06. The van der Waals surface area contributed by atoms with Gasteiger partial charge in [0.2, 0.25) is 10.0 Å². The Labute approximate surface area is 152 Å². The van der Waals surface area contributed by atoms with Crippen LogP contribution in [0.1, 0.15) is 19.4 Å². The Morgan fingerprint density at radius 3 is 2.27 bits per heavy atom. The number of carboxylic acid groups (broad SMARTS) is 1. The van der Waals surface area contributed by atoms with E-state index in [0.29, 0.717) is 17.1 Å². The molecule has 2 aromatic rings. The molecule has 7 nitrogen and oxygen atoms in total. The smallest absolute Gasteiger partial charge is 0.322 e. The average molecular weight is 379 g/mol. The summed E-state index contributed by atoms with van der Waals surface area (Å²) in [5, 5.41) is 18.4. The molecule has 26 heavy (non-hydrogen) atoms. The second-order valence-corrected chi connectivity index (χ2v) is 7.73. The van der Waals surface area contributed by atoms with E-state index in [2.05, 4.69) is 4.72 Å². The van der Waals surface area contributed by atoms with E-state index in [4.69, 9.17) is 9.84 Å². The number of sulfonamides is 1. The van der Waals surface area contributed by atoms with Gasteiger partial charge in [-0.05, 0) is 36.2 Å². The highest BCUT2D eigenvalue weighted by Crippen LogP contribution is 2.26. The van der Waals surface area contributed by atoms with Crippen molar-refractivity contribution in [2.45, 2.75) is 31.4 Å². The van der Waals surface area contributed by atoms with Crippen molar-refractivity contribution in [3.05, 3.63) is 54.1 Å². The first-order valence-corrected chi connectivity index (χ1v) is 9.44. The molecule has 0 aliphatic rings. The molecule has 2 aromatic carbocycles. The number of nitrogens with one attached hydrogen (secondary N) is 1. The quantitative estimate of drug-likeness (QED) is 0.649. The lowest BCUT2D eigenvalue weighted by atomic mass is 10.1. The number of aliphatic hydroxyl groups excluding tert-OH is 1. The van der Waals surface area contributed by atoms with Crippen LogP contribution in [0.25, 0.3) is 0 Å². The van der Waals surface area contributed by atoms with Gasteiger partial charge in [0.25, 0.3) is 0 Å². The van der Waals surface area contributed by atoms with E-state index in [1.165, 1.54) is 24.3 Å². The van der Waals surface area contributed by atoms with Crippen LogP contribution in [0.15, 0.2) is 53.4 Å². The summed E-state index contributed by atoms with van der Waals surface area (Å²) in [6.07, 6.45) is 0. The minimum Gasteiger partial charge on any atom is -0.480 e. The minimum atomic E-state index is -3.98. The third-order valence-corrected chi connectivity index (χ3v) is 5.18. The zero-order chi connectivity index (χ0) is 19.3. The molecule has 0 aliphatic heterocycles. The maximum absolute atomic E-state index is 12.4. The number of carboxylic acids is 1. The Hall–Kier alpha value is -2.42. The van der Waals surface area contributed by atoms with Gasteiger partial charge in [0.05, 0.1) is 11.5 Å². The molecular weight excluding hydrogens is 358 g/mol. The molecule has 1 unspecified atom stereocenters. The first-order valence-electron chi connectivity index (χ1n) is 7.96. The number of aliphatic hydroxyl groups is 1. The Kier molecular flexibility index (Phi) is 6.36. The Bertz CT molecular complexity index is 862. The summed E-state index contributed by atoms with van der Waals surface area (Å²) in [7, 11) is -3.98. The van der Waals surface area contributed by atoms with E-state index in [9.17, 15) is 18.3 Å². The number of hydrogen-bond donors (Lipinski definition) is 3. The average Bonchev–Trinajstić information content (AvgIpc) is 2.60. The van der Waals surface area contributed by atoms with Crippen LogP contribution in [0.2, 0.25) is 0 Å². The number of para-hydroxylation sites is 1. The van der Waals surface area contributed by atoms with Crippen LogP contribution in [0.5, 0.6) is 11.5 Å². The molecule has 2 rings (SSSR count). The van der Waals surface area contributed by atoms with Crippen molar-refractivity contribution >= 4 is 16.0 Å². The highest BCUT2D eigenvalue weighted by atomic mass is 32.2. The van der Waals surface area contributed by atoms with Gasteiger partial charge in [0.1, 0.15) is 17.5 Å². The molecule has 8 heteroatoms. The third kappa shape index (κ3) is 4.81. The molecule has 0 saturated carbocycles. The molecular formula is C18H21NO6S. The lowest BCUT2D eigenvalue weighted by Gasteiger charge is -2.18. The number of ether oxygens (including phenoxy) is 1. The molecule has 0 heterocycles. The number of benzene rings is 2. The van der Waals surface area contributed by atoms with Crippen LogP contribution < -0.4 is 9.46 Å². The van der Waals surface area contributed by atoms with E-state index in [1.54, 1.807) is 38.1 Å². The van der Waals surface area contributed by atoms with Gasteiger partial charge in [0.15, 0.2) is 0 Å². The fourth-order valence-electron chi connectivity index (χ4n) is 2.25. The van der Waals surface area contributed by atoms with Gasteiger partial charge in [-0.25, -0.2) is 8.42 Å². The van der Waals surface area contributed by atoms with Crippen molar-refractivity contribution in [3.63, 3.8) is 0 Å². The minimum absolute atomic E-state index is 0.0628. The number of hydrogen-bond acceptors (Lipinski definition) is 5. The summed E-state index contributed by atoms with van der Waals surface area (Å²) in [6, 6.07) is 11.3. The molecule has 140 valence electrons. The zero-order valence-electron chi connectivity index (χ0n) is 14.4. The standard InChI is InChI=1S/C18H21NO6S/c1-12(2)17(18(21)22)19-26(23,24)15-9-7-14(8-10-15)25-16-6-4-3-5-13(16)11-20/h3-10,12,17,19-20H,11H2,1-2H3,(H,21,22). The van der Waals surface area contributed by atoms with Crippen molar-refractivity contribution in [2.75, 3.05) is 0 Å². The van der Waals surface area contributed by atoms with Crippen LogP contribution in [0, 0.1) is 5.92 Å². The molecule has 0 radical (unpaired) electrons. The Morgan fingerprint density at radius 1 is 1.12 bits per heavy atom. The van der Waals surface area contributed by atoms with E-state index in [0.717, 1.165) is 0 Å². The summed E-state index contributed by atoms with van der Waals surface area (Å²) < 4.78 is 32.6. The monoisotopic (exact) mass is 379 g/mol. The summed E-state index contributed by atoms with van der Waals surface area (Å²) in [5.74, 6) is -0.776. The number of rotatable bonds is 8. The largest absolute Gasteiger partial charge is 0.480 e. The normalized spacial score (nSPS) is 12.8. The van der Waals surface area contributed by atoms with Crippen molar-refractivity contribution in [1.29, 1.82) is 0 Å². The van der Waals surface area contributed by atoms with Crippen LogP contribution in [0.4, 0.5) is 0 Å². The summed E-state index contributed by atoms with van der Waals surface area (Å²) in [5.41, 5.74) is 0.604. The van der Waals surface area contributed by atoms with Gasteiger partial charge in [0, 0.05) is 5.56 Å². The van der Waals surface area contributed by atoms with Gasteiger partial charge in [-0.3, -0.25) is 4.79 Å². The maximum Gasteiger partial charge on any atom is 0.322 e. The fourth-order valence-corrected chi connectivity index (χ4v) is 3.59. The molecule has 0 aromatic heterocycles. The van der Waals surface area contributed by atoms with E-state index in [1.807, 2.05) is 0 Å². The highest BCUT2D eigenvalue weighted by molar-refractivity contribution is 7.89. The topological polar surface area (TPSA) is 113 Å². The predicted octanol–water partition coefficient (Wildman–Crippen LogP) is 2.36. The van der Waals surface area contributed by atoms with Crippen LogP contribution >= 0.6 is 0 Å². The molecule has 1 atom stereocenters. The van der Waals surface area contributed by atoms with Crippen LogP contribution in [-0.4, -0.2) is 30.6 Å². The van der Waals surface area contributed by atoms with Crippen molar-refractivity contribution in [1.82, 2.24) is 4.72 Å². The first kappa shape index (κ1) is 19.9. The lowest BCUT2D eigenvalue weighted by Crippen LogP contribution is -2.44. The van der Waals surface area contributed by atoms with Gasteiger partial charge in [-0.15, -0.1) is 0 Å². The number of carbonyl (C=O) groups is 1. The second kappa shape index (κ2) is 8.31. The van der Waals surface area contributed by atoms with E-state index >= 15 is 0 Å². The lowest BCUT2D eigenvalue weighted by molar-refractivity contribution is -0.140. The van der Waals surface area contributed by atoms with Gasteiger partial charge >= 0.3 is 5.97 Å². The molecule has 0 bridgehead atoms. The molecule has 0 spiro atoms. The highest BCUT2D eigenvalue weighted by Gasteiger charge is 2.27. The summed E-state index contributed by atoms with van der Waals surface area (Å²) >= 11 is 0. The van der Waals surface area contributed by atoms with Gasteiger partial charge in [-0.1, -0.05) is 32.0 Å². The van der Waals surface area contributed by atoms with E-state index < -0.39 is 28.0 Å². The van der Waals surface area contributed by atoms with E-state index in [-0.39, 0.29) is 11.5 Å². The fraction of sp³-hybridized carbons (Fsp3) is 0.278. The Morgan fingerprint density at radius 2 is 1.73 bits per heavy atom.